The molecular weight excluding hydrogens is 308 g/mol. The molecule has 1 aliphatic carbocycles. The number of benzene rings is 1. The van der Waals surface area contributed by atoms with E-state index in [1.807, 2.05) is 0 Å². The Labute approximate surface area is 144 Å². The molecule has 0 saturated heterocycles. The number of anilines is 1. The van der Waals surface area contributed by atoms with Crippen LogP contribution in [0.25, 0.3) is 5.57 Å². The molecule has 0 bridgehead atoms. The minimum atomic E-state index is -0.835. The van der Waals surface area contributed by atoms with E-state index in [9.17, 15) is 4.79 Å². The molecule has 0 amide bonds. The number of halogens is 1. The molecule has 0 unspecified atom stereocenters. The lowest BCUT2D eigenvalue weighted by Crippen LogP contribution is -2.12. The molecular formula is C19H27ClN2O. The fourth-order valence-electron chi connectivity index (χ4n) is 2.83. The third-order valence-corrected chi connectivity index (χ3v) is 4.57. The van der Waals surface area contributed by atoms with E-state index in [4.69, 9.17) is 22.7 Å². The van der Waals surface area contributed by atoms with Crippen LogP contribution < -0.4 is 5.73 Å². The fraction of sp³-hybridized carbons (Fsp3) is 0.474. The van der Waals surface area contributed by atoms with Crippen LogP contribution in [0.3, 0.4) is 0 Å². The lowest BCUT2D eigenvalue weighted by molar-refractivity contribution is -0.106. The maximum atomic E-state index is 10.7. The third kappa shape index (κ3) is 6.19. The second-order valence-corrected chi connectivity index (χ2v) is 6.70. The molecule has 0 spiro atoms. The van der Waals surface area contributed by atoms with E-state index in [0.29, 0.717) is 11.3 Å². The first-order chi connectivity index (χ1) is 10.8. The number of nitrogens with two attached hydrogens (primary N) is 1. The largest absolute Gasteiger partial charge is 0.398 e. The molecule has 1 fully saturated rings. The van der Waals surface area contributed by atoms with Crippen molar-refractivity contribution in [3.63, 3.8) is 0 Å². The smallest absolute Gasteiger partial charge is 0.270 e. The number of hydrogen-bond donors (Lipinski definition) is 2. The lowest BCUT2D eigenvalue weighted by Gasteiger charge is -2.24. The molecule has 1 aliphatic rings. The zero-order valence-corrected chi connectivity index (χ0v) is 14.8. The molecule has 0 atom stereocenters. The molecule has 0 aromatic heterocycles. The van der Waals surface area contributed by atoms with Crippen molar-refractivity contribution in [1.29, 1.82) is 5.41 Å². The zero-order chi connectivity index (χ0) is 17.4. The summed E-state index contributed by atoms with van der Waals surface area (Å²) in [6.07, 6.45) is 7.46. The number of rotatable bonds is 4. The standard InChI is InChI=1S/C10H9ClN2O.C9H18/c1-6(9(13)10(11)14)7-4-2-3-5-8(7)12;1-8(2)9-6-4-3-5-7-9/h2-5,13H,1,12H2;8-9H,3-7H2,1-2H3. The topological polar surface area (TPSA) is 66.9 Å². The Bertz CT molecular complexity index is 560. The molecule has 126 valence electrons. The predicted molar refractivity (Wildman–Crippen MR) is 99.9 cm³/mol. The molecule has 3 N–H and O–H groups in total. The summed E-state index contributed by atoms with van der Waals surface area (Å²) in [5.74, 6) is 1.99. The summed E-state index contributed by atoms with van der Waals surface area (Å²) in [5, 5.41) is 6.51. The van der Waals surface area contributed by atoms with Crippen LogP contribution in [0, 0.1) is 17.2 Å². The maximum absolute atomic E-state index is 10.7. The van der Waals surface area contributed by atoms with Crippen molar-refractivity contribution in [3.8, 4) is 0 Å². The van der Waals surface area contributed by atoms with Crippen molar-refractivity contribution < 1.29 is 4.79 Å². The van der Waals surface area contributed by atoms with Crippen molar-refractivity contribution in [2.45, 2.75) is 46.0 Å². The number of carbonyl (C=O) groups is 1. The fourth-order valence-corrected chi connectivity index (χ4v) is 2.94. The van der Waals surface area contributed by atoms with Crippen LogP contribution in [0.4, 0.5) is 5.69 Å². The summed E-state index contributed by atoms with van der Waals surface area (Å²) in [4.78, 5) is 10.7. The highest BCUT2D eigenvalue weighted by molar-refractivity contribution is 6.86. The maximum Gasteiger partial charge on any atom is 0.270 e. The predicted octanol–water partition coefficient (Wildman–Crippen LogP) is 5.29. The van der Waals surface area contributed by atoms with Crippen molar-refractivity contribution in [1.82, 2.24) is 0 Å². The quantitative estimate of drug-likeness (QED) is 0.446. The van der Waals surface area contributed by atoms with Gasteiger partial charge < -0.3 is 5.73 Å². The van der Waals surface area contributed by atoms with E-state index in [1.54, 1.807) is 24.3 Å². The van der Waals surface area contributed by atoms with E-state index in [1.165, 1.54) is 32.1 Å². The molecule has 23 heavy (non-hydrogen) atoms. The van der Waals surface area contributed by atoms with Crippen LogP contribution in [-0.2, 0) is 4.79 Å². The van der Waals surface area contributed by atoms with E-state index < -0.39 is 5.24 Å². The van der Waals surface area contributed by atoms with Gasteiger partial charge in [-0.2, -0.15) is 0 Å². The molecule has 3 nitrogen and oxygen atoms in total. The van der Waals surface area contributed by atoms with Crippen LogP contribution in [0.5, 0.6) is 0 Å². The van der Waals surface area contributed by atoms with Gasteiger partial charge in [-0.1, -0.05) is 70.7 Å². The van der Waals surface area contributed by atoms with Gasteiger partial charge in [0.2, 0.25) is 0 Å². The molecule has 4 heteroatoms. The summed E-state index contributed by atoms with van der Waals surface area (Å²) in [7, 11) is 0. The lowest BCUT2D eigenvalue weighted by atomic mass is 9.82. The SMILES string of the molecule is C=C(C(=N)C(=O)Cl)c1ccccc1N.CC(C)C1CCCCC1. The summed E-state index contributed by atoms with van der Waals surface area (Å²) in [6, 6.07) is 6.87. The molecule has 0 heterocycles. The average molecular weight is 335 g/mol. The second kappa shape index (κ2) is 9.51. The Hall–Kier alpha value is -1.61. The zero-order valence-electron chi connectivity index (χ0n) is 14.1. The van der Waals surface area contributed by atoms with Crippen molar-refractivity contribution in [3.05, 3.63) is 36.4 Å². The van der Waals surface area contributed by atoms with Gasteiger partial charge in [0, 0.05) is 16.8 Å². The van der Waals surface area contributed by atoms with E-state index in [2.05, 4.69) is 20.4 Å². The first-order valence-electron chi connectivity index (χ1n) is 8.17. The second-order valence-electron chi connectivity index (χ2n) is 6.36. The number of para-hydroxylation sites is 1. The van der Waals surface area contributed by atoms with Gasteiger partial charge in [-0.15, -0.1) is 0 Å². The van der Waals surface area contributed by atoms with Crippen molar-refractivity contribution >= 4 is 33.8 Å². The third-order valence-electron chi connectivity index (χ3n) is 4.38. The first-order valence-corrected chi connectivity index (χ1v) is 8.55. The molecule has 2 rings (SSSR count). The van der Waals surface area contributed by atoms with Crippen molar-refractivity contribution in [2.24, 2.45) is 11.8 Å². The first kappa shape index (κ1) is 19.4. The number of carbonyl (C=O) groups excluding carboxylic acids is 1. The van der Waals surface area contributed by atoms with Gasteiger partial charge >= 0.3 is 0 Å². The minimum absolute atomic E-state index is 0.239. The van der Waals surface area contributed by atoms with Gasteiger partial charge in [-0.05, 0) is 29.5 Å². The highest BCUT2D eigenvalue weighted by atomic mass is 35.5. The summed E-state index contributed by atoms with van der Waals surface area (Å²) in [5.41, 5.74) is 6.59. The molecule has 1 saturated carbocycles. The minimum Gasteiger partial charge on any atom is -0.398 e. The molecule has 1 aromatic carbocycles. The van der Waals surface area contributed by atoms with Crippen LogP contribution in [0.15, 0.2) is 30.8 Å². The van der Waals surface area contributed by atoms with Gasteiger partial charge in [0.05, 0.1) is 0 Å². The van der Waals surface area contributed by atoms with Crippen LogP contribution in [0.1, 0.15) is 51.5 Å². The van der Waals surface area contributed by atoms with Gasteiger partial charge in [-0.3, -0.25) is 10.2 Å². The molecule has 0 aliphatic heterocycles. The van der Waals surface area contributed by atoms with Crippen LogP contribution in [-0.4, -0.2) is 11.0 Å². The van der Waals surface area contributed by atoms with Gasteiger partial charge in [0.25, 0.3) is 5.24 Å². The Balaban J connectivity index is 0.000000253. The number of allylic oxidation sites excluding steroid dienone is 1. The Kier molecular flexibility index (Phi) is 8.04. The van der Waals surface area contributed by atoms with Crippen LogP contribution >= 0.6 is 11.6 Å². The van der Waals surface area contributed by atoms with E-state index in [-0.39, 0.29) is 11.3 Å². The van der Waals surface area contributed by atoms with E-state index >= 15 is 0 Å². The summed E-state index contributed by atoms with van der Waals surface area (Å²) >= 11 is 5.16. The van der Waals surface area contributed by atoms with Gasteiger partial charge in [-0.25, -0.2) is 0 Å². The monoisotopic (exact) mass is 334 g/mol. The number of hydrogen-bond acceptors (Lipinski definition) is 3. The highest BCUT2D eigenvalue weighted by Crippen LogP contribution is 2.29. The Morgan fingerprint density at radius 3 is 2.26 bits per heavy atom. The average Bonchev–Trinajstić information content (AvgIpc) is 2.55. The molecule has 1 aromatic rings. The molecule has 0 radical (unpaired) electrons. The normalized spacial score (nSPS) is 14.8. The summed E-state index contributed by atoms with van der Waals surface area (Å²) in [6.45, 7) is 8.31. The Morgan fingerprint density at radius 1 is 1.26 bits per heavy atom. The van der Waals surface area contributed by atoms with Crippen molar-refractivity contribution in [2.75, 3.05) is 5.73 Å². The van der Waals surface area contributed by atoms with E-state index in [0.717, 1.165) is 11.8 Å². The Morgan fingerprint density at radius 2 is 1.83 bits per heavy atom. The number of nitrogen functional groups attached to an aromatic ring is 1. The number of nitrogens with one attached hydrogen (secondary N) is 1. The summed E-state index contributed by atoms with van der Waals surface area (Å²) < 4.78 is 0. The van der Waals surface area contributed by atoms with Crippen LogP contribution in [0.2, 0.25) is 0 Å². The highest BCUT2D eigenvalue weighted by Gasteiger charge is 2.15. The van der Waals surface area contributed by atoms with Gasteiger partial charge in [0.1, 0.15) is 5.71 Å². The van der Waals surface area contributed by atoms with Gasteiger partial charge in [0.15, 0.2) is 0 Å².